The Labute approximate surface area is 146 Å². The molecular weight excluding hydrogens is 347 g/mol. The van der Waals surface area contributed by atoms with E-state index in [9.17, 15) is 22.8 Å². The lowest BCUT2D eigenvalue weighted by molar-refractivity contribution is -0.136. The normalized spacial score (nSPS) is 11.7. The summed E-state index contributed by atoms with van der Waals surface area (Å²) in [6.07, 6.45) is -4.31. The molecule has 0 saturated carbocycles. The van der Waals surface area contributed by atoms with Crippen molar-refractivity contribution in [1.29, 1.82) is 0 Å². The van der Waals surface area contributed by atoms with Crippen molar-refractivity contribution in [3.05, 3.63) is 81.2 Å². The highest BCUT2D eigenvalue weighted by Gasteiger charge is 2.33. The van der Waals surface area contributed by atoms with E-state index in [0.29, 0.717) is 18.1 Å². The Hall–Kier alpha value is -3.09. The fourth-order valence-electron chi connectivity index (χ4n) is 2.86. The molecule has 0 aliphatic carbocycles. The summed E-state index contributed by atoms with van der Waals surface area (Å²) >= 11 is 0. The lowest BCUT2D eigenvalue weighted by atomic mass is 9.96. The molecule has 3 aromatic rings. The van der Waals surface area contributed by atoms with E-state index in [1.165, 1.54) is 12.1 Å². The fraction of sp³-hybridized carbons (Fsp3) is 0.158. The summed E-state index contributed by atoms with van der Waals surface area (Å²) in [5.41, 5.74) is 5.13. The first-order valence-electron chi connectivity index (χ1n) is 7.73. The number of hydrogen-bond acceptors (Lipinski definition) is 3. The minimum atomic E-state index is -4.67. The van der Waals surface area contributed by atoms with Crippen LogP contribution < -0.4 is 11.4 Å². The molecule has 134 valence electrons. The Bertz CT molecular complexity index is 1040. The molecule has 0 bridgehead atoms. The fourth-order valence-corrected chi connectivity index (χ4v) is 2.86. The highest BCUT2D eigenvalue weighted by atomic mass is 19.4. The Morgan fingerprint density at radius 3 is 2.38 bits per heavy atom. The third-order valence-corrected chi connectivity index (χ3v) is 3.99. The number of carbonyl (C=O) groups is 1. The van der Waals surface area contributed by atoms with Gasteiger partial charge in [0.1, 0.15) is 5.58 Å². The molecule has 0 saturated heterocycles. The lowest BCUT2D eigenvalue weighted by Crippen LogP contribution is -2.15. The molecular formula is C19H14F3NO3. The van der Waals surface area contributed by atoms with Crippen molar-refractivity contribution in [1.82, 2.24) is 0 Å². The van der Waals surface area contributed by atoms with Crippen molar-refractivity contribution in [3.63, 3.8) is 0 Å². The molecule has 7 heteroatoms. The summed E-state index contributed by atoms with van der Waals surface area (Å²) in [4.78, 5) is 22.6. The van der Waals surface area contributed by atoms with E-state index in [2.05, 4.69) is 0 Å². The number of benzene rings is 2. The maximum absolute atomic E-state index is 13.2. The highest BCUT2D eigenvalue weighted by molar-refractivity contribution is 5.81. The van der Waals surface area contributed by atoms with Gasteiger partial charge >= 0.3 is 11.8 Å². The summed E-state index contributed by atoms with van der Waals surface area (Å²) in [6.45, 7) is 0. The molecule has 0 spiro atoms. The van der Waals surface area contributed by atoms with E-state index >= 15 is 0 Å². The maximum atomic E-state index is 13.2. The van der Waals surface area contributed by atoms with E-state index in [1.54, 1.807) is 30.3 Å². The third kappa shape index (κ3) is 3.77. The Kier molecular flexibility index (Phi) is 4.54. The Balaban J connectivity index is 2.07. The second kappa shape index (κ2) is 6.67. The highest BCUT2D eigenvalue weighted by Crippen LogP contribution is 2.34. The molecule has 1 heterocycles. The monoisotopic (exact) mass is 361 g/mol. The molecule has 3 rings (SSSR count). The number of amides is 1. The molecule has 0 atom stereocenters. The summed E-state index contributed by atoms with van der Waals surface area (Å²) in [5.74, 6) is -0.489. The number of fused-ring (bicyclic) bond motifs is 1. The number of alkyl halides is 3. The van der Waals surface area contributed by atoms with E-state index in [0.717, 1.165) is 11.1 Å². The van der Waals surface area contributed by atoms with Crippen molar-refractivity contribution < 1.29 is 22.4 Å². The third-order valence-electron chi connectivity index (χ3n) is 3.99. The number of nitrogens with two attached hydrogens (primary N) is 1. The van der Waals surface area contributed by atoms with Crippen molar-refractivity contribution in [2.45, 2.75) is 19.0 Å². The van der Waals surface area contributed by atoms with Gasteiger partial charge in [-0.25, -0.2) is 4.79 Å². The number of rotatable bonds is 4. The topological polar surface area (TPSA) is 73.3 Å². The Morgan fingerprint density at radius 1 is 1.04 bits per heavy atom. The number of primary amides is 1. The van der Waals surface area contributed by atoms with Gasteiger partial charge in [0.15, 0.2) is 0 Å². The zero-order valence-electron chi connectivity index (χ0n) is 13.5. The van der Waals surface area contributed by atoms with E-state index in [4.69, 9.17) is 10.2 Å². The van der Waals surface area contributed by atoms with Crippen LogP contribution in [0, 0.1) is 0 Å². The van der Waals surface area contributed by atoms with Crippen LogP contribution in [0.5, 0.6) is 0 Å². The van der Waals surface area contributed by atoms with Gasteiger partial charge in [-0.3, -0.25) is 4.79 Å². The average Bonchev–Trinajstić information content (AvgIpc) is 2.55. The standard InChI is InChI=1S/C19H14F3NO3/c20-19(21,22)15-10-18(25)26-16-6-5-11(8-14(15)16)7-12-3-1-2-4-13(12)9-17(23)24/h1-6,8,10H,7,9H2,(H2,23,24). The second-order valence-corrected chi connectivity index (χ2v) is 5.90. The molecule has 4 nitrogen and oxygen atoms in total. The van der Waals surface area contributed by atoms with Crippen LogP contribution >= 0.6 is 0 Å². The minimum Gasteiger partial charge on any atom is -0.423 e. The summed E-state index contributed by atoms with van der Waals surface area (Å²) in [6, 6.07) is 11.8. The van der Waals surface area contributed by atoms with Crippen LogP contribution in [0.15, 0.2) is 57.7 Å². The molecule has 26 heavy (non-hydrogen) atoms. The van der Waals surface area contributed by atoms with E-state index in [1.807, 2.05) is 0 Å². The summed E-state index contributed by atoms with van der Waals surface area (Å²) < 4.78 is 44.6. The molecule has 0 fully saturated rings. The summed E-state index contributed by atoms with van der Waals surface area (Å²) in [7, 11) is 0. The maximum Gasteiger partial charge on any atom is 0.417 e. The molecule has 2 N–H and O–H groups in total. The van der Waals surface area contributed by atoms with Gasteiger partial charge in [0.2, 0.25) is 5.91 Å². The molecule has 2 aromatic carbocycles. The molecule has 0 aliphatic heterocycles. The predicted octanol–water partition coefficient (Wildman–Crippen LogP) is 3.43. The van der Waals surface area contributed by atoms with E-state index in [-0.39, 0.29) is 17.4 Å². The van der Waals surface area contributed by atoms with Crippen LogP contribution in [0.1, 0.15) is 22.3 Å². The zero-order valence-corrected chi connectivity index (χ0v) is 13.5. The number of hydrogen-bond donors (Lipinski definition) is 1. The van der Waals surface area contributed by atoms with Crippen molar-refractivity contribution in [2.24, 2.45) is 5.73 Å². The van der Waals surface area contributed by atoms with Gasteiger partial charge in [-0.05, 0) is 35.2 Å². The molecule has 1 amide bonds. The van der Waals surface area contributed by atoms with Crippen LogP contribution in [0.4, 0.5) is 13.2 Å². The first-order chi connectivity index (χ1) is 12.2. The van der Waals surface area contributed by atoms with Crippen molar-refractivity contribution in [3.8, 4) is 0 Å². The smallest absolute Gasteiger partial charge is 0.417 e. The summed E-state index contributed by atoms with van der Waals surface area (Å²) in [5, 5.41) is -0.179. The molecule has 1 aromatic heterocycles. The van der Waals surface area contributed by atoms with Gasteiger partial charge in [0.25, 0.3) is 0 Å². The van der Waals surface area contributed by atoms with E-state index < -0.39 is 23.3 Å². The van der Waals surface area contributed by atoms with Gasteiger partial charge in [-0.2, -0.15) is 13.2 Å². The Morgan fingerprint density at radius 2 is 1.73 bits per heavy atom. The lowest BCUT2D eigenvalue weighted by Gasteiger charge is -2.12. The van der Waals surface area contributed by atoms with Crippen molar-refractivity contribution >= 4 is 16.9 Å². The molecule has 0 radical (unpaired) electrons. The second-order valence-electron chi connectivity index (χ2n) is 5.90. The van der Waals surface area contributed by atoms with Crippen LogP contribution in [0.2, 0.25) is 0 Å². The molecule has 0 aliphatic rings. The zero-order chi connectivity index (χ0) is 18.9. The first-order valence-corrected chi connectivity index (χ1v) is 7.73. The largest absolute Gasteiger partial charge is 0.423 e. The number of carbonyl (C=O) groups excluding carboxylic acids is 1. The van der Waals surface area contributed by atoms with Crippen LogP contribution in [-0.4, -0.2) is 5.91 Å². The van der Waals surface area contributed by atoms with Gasteiger partial charge in [-0.15, -0.1) is 0 Å². The first kappa shape index (κ1) is 17.7. The van der Waals surface area contributed by atoms with Gasteiger partial charge in [0, 0.05) is 11.5 Å². The van der Waals surface area contributed by atoms with Gasteiger partial charge < -0.3 is 10.2 Å². The minimum absolute atomic E-state index is 0.0480. The van der Waals surface area contributed by atoms with Gasteiger partial charge in [-0.1, -0.05) is 30.3 Å². The predicted molar refractivity (Wildman–Crippen MR) is 89.6 cm³/mol. The van der Waals surface area contributed by atoms with Crippen molar-refractivity contribution in [2.75, 3.05) is 0 Å². The molecule has 0 unspecified atom stereocenters. The van der Waals surface area contributed by atoms with Gasteiger partial charge in [0.05, 0.1) is 12.0 Å². The number of halogens is 3. The van der Waals surface area contributed by atoms with Crippen LogP contribution in [0.3, 0.4) is 0 Å². The van der Waals surface area contributed by atoms with Crippen LogP contribution in [0.25, 0.3) is 11.0 Å². The quantitative estimate of drug-likeness (QED) is 0.724. The SMILES string of the molecule is NC(=O)Cc1ccccc1Cc1ccc2oc(=O)cc(C(F)(F)F)c2c1. The average molecular weight is 361 g/mol. The van der Waals surface area contributed by atoms with Crippen LogP contribution in [-0.2, 0) is 23.8 Å².